The fourth-order valence-electron chi connectivity index (χ4n) is 3.55. The zero-order chi connectivity index (χ0) is 35.3. The molecular weight excluding hydrogens is 769 g/mol. The molecule has 0 aliphatic carbocycles. The maximum absolute atomic E-state index is 12.5. The van der Waals surface area contributed by atoms with Crippen molar-refractivity contribution in [3.63, 3.8) is 0 Å². The molecule has 6 rings (SSSR count). The summed E-state index contributed by atoms with van der Waals surface area (Å²) in [5.41, 5.74) is 4.92. The van der Waals surface area contributed by atoms with Crippen molar-refractivity contribution in [1.29, 1.82) is 10.5 Å². The number of aryl methyl sites for hydroxylation is 3. The summed E-state index contributed by atoms with van der Waals surface area (Å²) >= 11 is 0. The van der Waals surface area contributed by atoms with Crippen LogP contribution >= 0.6 is 0 Å². The zero-order valence-electron chi connectivity index (χ0n) is 30.8. The van der Waals surface area contributed by atoms with Crippen molar-refractivity contribution in [2.24, 2.45) is 9.98 Å². The van der Waals surface area contributed by atoms with Gasteiger partial charge < -0.3 is 27.6 Å². The van der Waals surface area contributed by atoms with Crippen LogP contribution in [0.4, 0.5) is 4.39 Å². The van der Waals surface area contributed by atoms with Gasteiger partial charge in [-0.25, -0.2) is 9.18 Å². The number of aromatic carboxylic acids is 1. The average Bonchev–Trinajstić information content (AvgIpc) is 3.92. The van der Waals surface area contributed by atoms with E-state index in [1.165, 1.54) is 34.1 Å². The Morgan fingerprint density at radius 1 is 0.833 bits per heavy atom. The molecule has 3 aromatic carbocycles. The van der Waals surface area contributed by atoms with Gasteiger partial charge in [0.05, 0.1) is 41.5 Å². The Morgan fingerprint density at radius 3 is 1.59 bits per heavy atom. The van der Waals surface area contributed by atoms with Crippen molar-refractivity contribution in [3.05, 3.63) is 119 Å². The topological polar surface area (TPSA) is 282 Å². The maximum Gasteiger partial charge on any atom is 1.00 e. The number of benzene rings is 3. The fraction of sp³-hybridized carbons (Fsp3) is 0.152. The van der Waals surface area contributed by atoms with E-state index in [0.717, 1.165) is 16.7 Å². The monoisotopic (exact) mass is 804 g/mol. The third-order valence-electron chi connectivity index (χ3n) is 5.65. The molecule has 0 radical (unpaired) electrons. The van der Waals surface area contributed by atoms with E-state index in [-0.39, 0.29) is 170 Å². The molecule has 2 aromatic heterocycles. The SMILES string of the molecule is C.C1=NCN=C1.Cc1ccc(-n2nccn2)c(C#N)c1.Cc1ccc(-n2nccn2)c(C(=O)O)c1.Cc1ccc(F)c(C#N)c1.O.O=CO[O-].[H-].[K+].[K+].[Na+].[OH-]. The predicted octanol–water partition coefficient (Wildman–Crippen LogP) is -5.98. The average molecular weight is 805 g/mol. The van der Waals surface area contributed by atoms with Crippen LogP contribution in [0.3, 0.4) is 0 Å². The van der Waals surface area contributed by atoms with Gasteiger partial charge in [-0.2, -0.15) is 40.5 Å². The van der Waals surface area contributed by atoms with Gasteiger partial charge in [0.25, 0.3) is 6.47 Å². The minimum Gasteiger partial charge on any atom is -1.00 e. The molecule has 54 heavy (non-hydrogen) atoms. The van der Waals surface area contributed by atoms with E-state index in [9.17, 15) is 9.18 Å². The van der Waals surface area contributed by atoms with Gasteiger partial charge in [-0.15, -0.1) is 0 Å². The quantitative estimate of drug-likeness (QED) is 0.0770. The Bertz CT molecular complexity index is 1940. The first-order valence-corrected chi connectivity index (χ1v) is 13.6. The normalized spacial score (nSPS) is 9.02. The first-order chi connectivity index (χ1) is 23.1. The smallest absolute Gasteiger partial charge is 1.00 e. The number of nitriles is 2. The van der Waals surface area contributed by atoms with Gasteiger partial charge in [-0.1, -0.05) is 31.2 Å². The van der Waals surface area contributed by atoms with E-state index in [0.29, 0.717) is 23.6 Å². The molecule has 4 N–H and O–H groups in total. The fourth-order valence-corrected chi connectivity index (χ4v) is 3.55. The summed E-state index contributed by atoms with van der Waals surface area (Å²) in [5.74, 6) is -1.43. The van der Waals surface area contributed by atoms with Crippen LogP contribution in [-0.2, 0) is 9.68 Å². The van der Waals surface area contributed by atoms with Crippen LogP contribution in [0, 0.1) is 49.3 Å². The van der Waals surface area contributed by atoms with Gasteiger partial charge in [0.15, 0.2) is 0 Å². The van der Waals surface area contributed by atoms with Gasteiger partial charge in [0.2, 0.25) is 0 Å². The van der Waals surface area contributed by atoms with Crippen LogP contribution in [0.2, 0.25) is 0 Å². The molecule has 5 aromatic rings. The second kappa shape index (κ2) is 34.7. The number of aliphatic imine (C=N–C) groups is 2. The summed E-state index contributed by atoms with van der Waals surface area (Å²) in [6.07, 6.45) is 9.57. The van der Waals surface area contributed by atoms with Crippen molar-refractivity contribution in [2.75, 3.05) is 6.67 Å². The van der Waals surface area contributed by atoms with Crippen LogP contribution in [0.15, 0.2) is 89.4 Å². The zero-order valence-corrected chi connectivity index (χ0v) is 38.1. The number of carboxylic acids is 1. The summed E-state index contributed by atoms with van der Waals surface area (Å²) in [6.45, 7) is 6.06. The predicted molar refractivity (Wildman–Crippen MR) is 182 cm³/mol. The van der Waals surface area contributed by atoms with Crippen molar-refractivity contribution in [3.8, 4) is 23.5 Å². The van der Waals surface area contributed by atoms with E-state index >= 15 is 0 Å². The van der Waals surface area contributed by atoms with Gasteiger partial charge in [0.1, 0.15) is 36.0 Å². The first kappa shape index (κ1) is 60.5. The number of aromatic nitrogens is 6. The molecule has 1 aliphatic heterocycles. The van der Waals surface area contributed by atoms with Crippen molar-refractivity contribution < 1.29 is 174 Å². The minimum atomic E-state index is -0.981. The van der Waals surface area contributed by atoms with E-state index in [4.69, 9.17) is 25.7 Å². The summed E-state index contributed by atoms with van der Waals surface area (Å²) in [6, 6.07) is 19.0. The molecule has 0 amide bonds. The maximum atomic E-state index is 12.5. The number of rotatable bonds is 4. The number of carboxylic acid groups (broad SMARTS) is 1. The van der Waals surface area contributed by atoms with Gasteiger partial charge >= 0.3 is 138 Å². The number of hydrogen-bond acceptors (Lipinski definition) is 13. The van der Waals surface area contributed by atoms with E-state index < -0.39 is 11.8 Å². The van der Waals surface area contributed by atoms with Crippen LogP contribution in [-0.4, -0.2) is 77.6 Å². The second-order valence-electron chi connectivity index (χ2n) is 9.19. The molecule has 0 saturated heterocycles. The summed E-state index contributed by atoms with van der Waals surface area (Å²) in [5, 5.41) is 50.5. The van der Waals surface area contributed by atoms with Crippen molar-refractivity contribution in [2.45, 2.75) is 28.2 Å². The molecule has 1 aliphatic rings. The molecule has 0 unspecified atom stereocenters. The molecule has 3 heterocycles. The molecule has 270 valence electrons. The first-order valence-electron chi connectivity index (χ1n) is 13.6. The van der Waals surface area contributed by atoms with E-state index in [2.05, 4.69) is 41.3 Å². The van der Waals surface area contributed by atoms with Gasteiger partial charge in [0, 0.05) is 12.4 Å². The van der Waals surface area contributed by atoms with Crippen LogP contribution in [0.5, 0.6) is 0 Å². The molecule has 0 spiro atoms. The van der Waals surface area contributed by atoms with Crippen LogP contribution in [0.1, 0.15) is 47.0 Å². The Labute approximate surface area is 420 Å². The molecule has 17 nitrogen and oxygen atoms in total. The third-order valence-corrected chi connectivity index (χ3v) is 5.65. The minimum absolute atomic E-state index is 0. The number of hydrogen-bond donors (Lipinski definition) is 1. The van der Waals surface area contributed by atoms with Gasteiger partial charge in [-0.3, -0.25) is 14.8 Å². The van der Waals surface area contributed by atoms with Gasteiger partial charge in [-0.05, 0) is 68.3 Å². The standard InChI is InChI=1S/C10H8N4.C10H9N3O2.C8H6FN.C3H4N2.CH2O3.CH4.2K.Na.2H2O.H/c1-8-2-3-10(9(6-8)7-11)14-12-4-5-13-14;1-7-2-3-9(8(6-7)10(14)15)13-11-4-5-12-13;1-6-2-3-8(9)7(4-6)5-10;1-2-5-3-4-1;2-1-4-3;;;;;;;/h2-6H,1H3;2-6H,1H3,(H,14,15);2-4H,1H3;1-2H,3H2;1,3H;1H4;;;;2*1H2;/q;;;;;;3*+1;;;-1/p-2. The number of halogens is 1. The summed E-state index contributed by atoms with van der Waals surface area (Å²) in [7, 11) is 0. The molecule has 0 bridgehead atoms. The molecule has 21 heteroatoms. The molecular formula is C33H36FK2N10NaO7. The second-order valence-corrected chi connectivity index (χ2v) is 9.19. The number of carbonyl (C=O) groups excluding carboxylic acids is 1. The number of nitrogens with zero attached hydrogens (tertiary/aromatic N) is 10. The van der Waals surface area contributed by atoms with Crippen molar-refractivity contribution >= 4 is 24.9 Å². The Morgan fingerprint density at radius 2 is 1.22 bits per heavy atom. The molecule has 0 saturated carbocycles. The Balaban J connectivity index is -0.000000140. The summed E-state index contributed by atoms with van der Waals surface area (Å²) < 4.78 is 12.5. The van der Waals surface area contributed by atoms with E-state index in [1.54, 1.807) is 49.1 Å². The number of carbonyl (C=O) groups is 2. The van der Waals surface area contributed by atoms with Crippen molar-refractivity contribution in [1.82, 2.24) is 30.0 Å². The molecule has 0 atom stereocenters. The molecule has 0 fully saturated rings. The summed E-state index contributed by atoms with van der Waals surface area (Å²) in [4.78, 5) is 32.5. The van der Waals surface area contributed by atoms with E-state index in [1.807, 2.05) is 45.0 Å². The third kappa shape index (κ3) is 22.0. The van der Waals surface area contributed by atoms with Crippen LogP contribution < -0.4 is 138 Å². The van der Waals surface area contributed by atoms with Crippen LogP contribution in [0.25, 0.3) is 11.4 Å². The largest absolute Gasteiger partial charge is 1.00 e. The Hall–Kier alpha value is -2.72. The Kier molecular flexibility index (Phi) is 39.0.